The molecule has 2 N–H and O–H groups in total. The van der Waals surface area contributed by atoms with Crippen molar-refractivity contribution >= 4 is 10.8 Å². The SMILES string of the molecule is CC(C)(C)C1CCC(CN)C(S(=O)C2CCOCC2)C1. The molecule has 1 aliphatic carbocycles. The third kappa shape index (κ3) is 3.83. The number of rotatable bonds is 3. The van der Waals surface area contributed by atoms with Gasteiger partial charge in [0.15, 0.2) is 0 Å². The van der Waals surface area contributed by atoms with Gasteiger partial charge in [-0.1, -0.05) is 20.8 Å². The van der Waals surface area contributed by atoms with Gasteiger partial charge in [0.25, 0.3) is 0 Å². The number of hydrogen-bond donors (Lipinski definition) is 1. The fourth-order valence-electron chi connectivity index (χ4n) is 3.69. The molecular formula is C16H31NO2S. The first-order valence-corrected chi connectivity index (χ1v) is 9.38. The predicted octanol–water partition coefficient (Wildman–Crippen LogP) is 2.70. The van der Waals surface area contributed by atoms with Gasteiger partial charge in [-0.2, -0.15) is 0 Å². The Morgan fingerprint density at radius 3 is 2.35 bits per heavy atom. The van der Waals surface area contributed by atoms with Crippen LogP contribution in [0.3, 0.4) is 0 Å². The van der Waals surface area contributed by atoms with Crippen LogP contribution in [0.15, 0.2) is 0 Å². The summed E-state index contributed by atoms with van der Waals surface area (Å²) in [5.74, 6) is 1.14. The minimum absolute atomic E-state index is 0.307. The number of nitrogens with two attached hydrogens (primary N) is 1. The fraction of sp³-hybridized carbons (Fsp3) is 1.00. The van der Waals surface area contributed by atoms with Crippen LogP contribution in [-0.4, -0.2) is 34.5 Å². The van der Waals surface area contributed by atoms with Gasteiger partial charge in [0.1, 0.15) is 0 Å². The van der Waals surface area contributed by atoms with Crippen LogP contribution < -0.4 is 5.73 Å². The Balaban J connectivity index is 2.06. The Kier molecular flexibility index (Phi) is 5.66. The van der Waals surface area contributed by atoms with Crippen molar-refractivity contribution in [1.82, 2.24) is 0 Å². The molecule has 20 heavy (non-hydrogen) atoms. The van der Waals surface area contributed by atoms with Gasteiger partial charge in [-0.05, 0) is 55.9 Å². The Bertz CT molecular complexity index is 334. The normalized spacial score (nSPS) is 34.9. The Hall–Kier alpha value is 0.0700. The summed E-state index contributed by atoms with van der Waals surface area (Å²) in [7, 11) is -0.738. The summed E-state index contributed by atoms with van der Waals surface area (Å²) in [6.45, 7) is 9.19. The summed E-state index contributed by atoms with van der Waals surface area (Å²) in [4.78, 5) is 0. The van der Waals surface area contributed by atoms with E-state index in [1.165, 1.54) is 6.42 Å². The lowest BCUT2D eigenvalue weighted by molar-refractivity contribution is 0.0983. The molecule has 2 rings (SSSR count). The minimum atomic E-state index is -0.738. The Morgan fingerprint density at radius 1 is 1.15 bits per heavy atom. The highest BCUT2D eigenvalue weighted by molar-refractivity contribution is 7.86. The first kappa shape index (κ1) is 16.4. The third-order valence-corrected chi connectivity index (χ3v) is 7.55. The summed E-state index contributed by atoms with van der Waals surface area (Å²) in [6.07, 6.45) is 5.40. The van der Waals surface area contributed by atoms with Crippen LogP contribution in [0.2, 0.25) is 0 Å². The zero-order valence-electron chi connectivity index (χ0n) is 13.3. The molecule has 0 spiro atoms. The van der Waals surface area contributed by atoms with E-state index in [0.29, 0.717) is 34.3 Å². The quantitative estimate of drug-likeness (QED) is 0.872. The van der Waals surface area contributed by atoms with Gasteiger partial charge in [-0.25, -0.2) is 0 Å². The molecule has 0 aromatic rings. The van der Waals surface area contributed by atoms with Crippen LogP contribution in [0.25, 0.3) is 0 Å². The van der Waals surface area contributed by atoms with E-state index in [9.17, 15) is 4.21 Å². The highest BCUT2D eigenvalue weighted by Gasteiger charge is 2.40. The van der Waals surface area contributed by atoms with E-state index in [2.05, 4.69) is 20.8 Å². The molecule has 0 radical (unpaired) electrons. The first-order valence-electron chi connectivity index (χ1n) is 8.10. The molecule has 0 aromatic heterocycles. The topological polar surface area (TPSA) is 52.3 Å². The number of hydrogen-bond acceptors (Lipinski definition) is 3. The predicted molar refractivity (Wildman–Crippen MR) is 85.1 cm³/mol. The highest BCUT2D eigenvalue weighted by atomic mass is 32.2. The van der Waals surface area contributed by atoms with Gasteiger partial charge >= 0.3 is 0 Å². The molecule has 2 aliphatic rings. The molecule has 0 bridgehead atoms. The molecule has 0 aromatic carbocycles. The molecular weight excluding hydrogens is 270 g/mol. The Labute approximate surface area is 126 Å². The van der Waals surface area contributed by atoms with Gasteiger partial charge < -0.3 is 10.5 Å². The maximum Gasteiger partial charge on any atom is 0.0477 e. The van der Waals surface area contributed by atoms with Crippen molar-refractivity contribution in [3.05, 3.63) is 0 Å². The Morgan fingerprint density at radius 2 is 1.80 bits per heavy atom. The lowest BCUT2D eigenvalue weighted by Gasteiger charge is -2.42. The van der Waals surface area contributed by atoms with Crippen molar-refractivity contribution in [1.29, 1.82) is 0 Å². The van der Waals surface area contributed by atoms with E-state index in [1.807, 2.05) is 0 Å². The maximum absolute atomic E-state index is 13.0. The summed E-state index contributed by atoms with van der Waals surface area (Å²) in [6, 6.07) is 0. The standard InChI is InChI=1S/C16H31NO2S/c1-16(2,3)13-5-4-12(11-17)15(10-13)20(18)14-6-8-19-9-7-14/h12-15H,4-11,17H2,1-3H3. The molecule has 1 aliphatic heterocycles. The van der Waals surface area contributed by atoms with Crippen molar-refractivity contribution in [3.63, 3.8) is 0 Å². The van der Waals surface area contributed by atoms with Crippen molar-refractivity contribution in [2.75, 3.05) is 19.8 Å². The lowest BCUT2D eigenvalue weighted by atomic mass is 9.69. The van der Waals surface area contributed by atoms with Gasteiger partial charge in [-0.15, -0.1) is 0 Å². The van der Waals surface area contributed by atoms with Crippen LogP contribution >= 0.6 is 0 Å². The van der Waals surface area contributed by atoms with Gasteiger partial charge in [-0.3, -0.25) is 4.21 Å². The molecule has 1 heterocycles. The molecule has 4 atom stereocenters. The van der Waals surface area contributed by atoms with Crippen molar-refractivity contribution < 1.29 is 8.95 Å². The molecule has 118 valence electrons. The van der Waals surface area contributed by atoms with E-state index in [0.717, 1.165) is 38.9 Å². The van der Waals surface area contributed by atoms with Crippen LogP contribution in [0, 0.1) is 17.3 Å². The van der Waals surface area contributed by atoms with Gasteiger partial charge in [0, 0.05) is 34.5 Å². The molecule has 0 amide bonds. The van der Waals surface area contributed by atoms with Crippen LogP contribution in [0.5, 0.6) is 0 Å². The summed E-state index contributed by atoms with van der Waals surface area (Å²) >= 11 is 0. The van der Waals surface area contributed by atoms with E-state index >= 15 is 0 Å². The van der Waals surface area contributed by atoms with E-state index in [1.54, 1.807) is 0 Å². The number of ether oxygens (including phenoxy) is 1. The van der Waals surface area contributed by atoms with Crippen molar-refractivity contribution in [2.45, 2.75) is 63.4 Å². The minimum Gasteiger partial charge on any atom is -0.381 e. The van der Waals surface area contributed by atoms with E-state index < -0.39 is 10.8 Å². The smallest absolute Gasteiger partial charge is 0.0477 e. The van der Waals surface area contributed by atoms with Gasteiger partial charge in [0.2, 0.25) is 0 Å². The van der Waals surface area contributed by atoms with Gasteiger partial charge in [0.05, 0.1) is 0 Å². The van der Waals surface area contributed by atoms with Crippen LogP contribution in [0.1, 0.15) is 52.9 Å². The van der Waals surface area contributed by atoms with Crippen LogP contribution in [0.4, 0.5) is 0 Å². The largest absolute Gasteiger partial charge is 0.381 e. The molecule has 1 saturated carbocycles. The zero-order valence-corrected chi connectivity index (χ0v) is 14.1. The van der Waals surface area contributed by atoms with Crippen molar-refractivity contribution in [3.8, 4) is 0 Å². The third-order valence-electron chi connectivity index (χ3n) is 5.25. The summed E-state index contributed by atoms with van der Waals surface area (Å²) in [5.41, 5.74) is 6.27. The molecule has 4 heteroatoms. The monoisotopic (exact) mass is 301 g/mol. The van der Waals surface area contributed by atoms with Crippen molar-refractivity contribution in [2.24, 2.45) is 23.0 Å². The zero-order chi connectivity index (χ0) is 14.8. The summed E-state index contributed by atoms with van der Waals surface area (Å²) in [5, 5.41) is 0.641. The molecule has 3 nitrogen and oxygen atoms in total. The summed E-state index contributed by atoms with van der Waals surface area (Å²) < 4.78 is 18.4. The second-order valence-corrected chi connectivity index (χ2v) is 9.48. The second kappa shape index (κ2) is 6.89. The highest BCUT2D eigenvalue weighted by Crippen LogP contribution is 2.42. The maximum atomic E-state index is 13.0. The van der Waals surface area contributed by atoms with E-state index in [4.69, 9.17) is 10.5 Å². The first-order chi connectivity index (χ1) is 9.43. The van der Waals surface area contributed by atoms with Crippen LogP contribution in [-0.2, 0) is 15.5 Å². The molecule has 1 saturated heterocycles. The molecule has 4 unspecified atom stereocenters. The van der Waals surface area contributed by atoms with E-state index in [-0.39, 0.29) is 0 Å². The lowest BCUT2D eigenvalue weighted by Crippen LogP contribution is -2.44. The second-order valence-electron chi connectivity index (χ2n) is 7.55. The average Bonchev–Trinajstić information content (AvgIpc) is 2.45. The molecule has 2 fully saturated rings. The average molecular weight is 301 g/mol. The fourth-order valence-corrected chi connectivity index (χ4v) is 5.89.